The summed E-state index contributed by atoms with van der Waals surface area (Å²) in [6.45, 7) is 4.84. The highest BCUT2D eigenvalue weighted by Gasteiger charge is 2.20. The molecule has 0 unspecified atom stereocenters. The molecule has 0 saturated carbocycles. The number of carbonyl (C=O) groups excluding carboxylic acids is 1. The maximum absolute atomic E-state index is 12.9. The lowest BCUT2D eigenvalue weighted by molar-refractivity contribution is 0.0979. The van der Waals surface area contributed by atoms with Crippen molar-refractivity contribution in [2.75, 3.05) is 12.3 Å². The lowest BCUT2D eigenvalue weighted by atomic mass is 10.1. The highest BCUT2D eigenvalue weighted by atomic mass is 32.2. The van der Waals surface area contributed by atoms with Gasteiger partial charge >= 0.3 is 0 Å². The van der Waals surface area contributed by atoms with Crippen LogP contribution in [-0.2, 0) is 0 Å². The summed E-state index contributed by atoms with van der Waals surface area (Å²) in [7, 11) is 0. The van der Waals surface area contributed by atoms with Gasteiger partial charge in [0, 0.05) is 17.4 Å². The van der Waals surface area contributed by atoms with Gasteiger partial charge in [-0.2, -0.15) is 5.10 Å². The summed E-state index contributed by atoms with van der Waals surface area (Å²) in [4.78, 5) is 22.0. The molecule has 6 nitrogen and oxygen atoms in total. The van der Waals surface area contributed by atoms with Crippen LogP contribution >= 0.6 is 11.8 Å². The lowest BCUT2D eigenvalue weighted by Gasteiger charge is -2.11. The van der Waals surface area contributed by atoms with Gasteiger partial charge in [-0.3, -0.25) is 9.79 Å². The molecule has 132 valence electrons. The molecule has 1 N–H and O–H groups in total. The maximum Gasteiger partial charge on any atom is 0.258 e. The zero-order valence-electron chi connectivity index (χ0n) is 14.6. The van der Waals surface area contributed by atoms with Gasteiger partial charge in [-0.1, -0.05) is 42.1 Å². The zero-order chi connectivity index (χ0) is 18.1. The summed E-state index contributed by atoms with van der Waals surface area (Å²) in [6, 6.07) is 11.8. The van der Waals surface area contributed by atoms with Crippen LogP contribution in [0, 0.1) is 0 Å². The van der Waals surface area contributed by atoms with Crippen LogP contribution in [-0.4, -0.2) is 38.1 Å². The van der Waals surface area contributed by atoms with Crippen molar-refractivity contribution < 1.29 is 4.79 Å². The third-order valence-electron chi connectivity index (χ3n) is 4.18. The van der Waals surface area contributed by atoms with Gasteiger partial charge in [0.15, 0.2) is 10.8 Å². The average molecular weight is 365 g/mol. The highest BCUT2D eigenvalue weighted by Crippen LogP contribution is 2.26. The van der Waals surface area contributed by atoms with E-state index in [1.165, 1.54) is 0 Å². The fourth-order valence-corrected chi connectivity index (χ4v) is 3.64. The number of amides is 1. The van der Waals surface area contributed by atoms with E-state index in [-0.39, 0.29) is 11.9 Å². The van der Waals surface area contributed by atoms with Gasteiger partial charge in [-0.05, 0) is 19.9 Å². The van der Waals surface area contributed by atoms with Gasteiger partial charge in [0.2, 0.25) is 0 Å². The summed E-state index contributed by atoms with van der Waals surface area (Å²) in [6.07, 6.45) is 1.72. The monoisotopic (exact) mass is 365 g/mol. The van der Waals surface area contributed by atoms with Crippen molar-refractivity contribution in [1.82, 2.24) is 20.1 Å². The van der Waals surface area contributed by atoms with Crippen LogP contribution in [0.5, 0.6) is 0 Å². The minimum Gasteiger partial charge on any atom is -0.301 e. The summed E-state index contributed by atoms with van der Waals surface area (Å²) >= 11 is 1.56. The van der Waals surface area contributed by atoms with E-state index in [2.05, 4.69) is 15.4 Å². The van der Waals surface area contributed by atoms with Gasteiger partial charge in [0.05, 0.1) is 29.4 Å². The largest absolute Gasteiger partial charge is 0.301 e. The Hall–Kier alpha value is -2.67. The molecular formula is C19H19N5OS. The predicted octanol–water partition coefficient (Wildman–Crippen LogP) is 3.51. The van der Waals surface area contributed by atoms with Crippen LogP contribution in [0.15, 0.2) is 47.6 Å². The fourth-order valence-electron chi connectivity index (χ4n) is 2.92. The molecule has 0 bridgehead atoms. The van der Waals surface area contributed by atoms with Gasteiger partial charge in [0.25, 0.3) is 5.91 Å². The molecule has 0 fully saturated rings. The predicted molar refractivity (Wildman–Crippen MR) is 106 cm³/mol. The van der Waals surface area contributed by atoms with Crippen molar-refractivity contribution in [3.05, 3.63) is 48.2 Å². The number of nitrogens with one attached hydrogen (secondary N) is 1. The van der Waals surface area contributed by atoms with Gasteiger partial charge in [-0.15, -0.1) is 0 Å². The smallest absolute Gasteiger partial charge is 0.258 e. The van der Waals surface area contributed by atoms with E-state index in [0.29, 0.717) is 16.4 Å². The number of amidine groups is 1. The van der Waals surface area contributed by atoms with Gasteiger partial charge < -0.3 is 5.32 Å². The van der Waals surface area contributed by atoms with E-state index in [1.54, 1.807) is 18.0 Å². The number of rotatable bonds is 3. The molecule has 1 aliphatic heterocycles. The molecule has 0 spiro atoms. The Labute approximate surface area is 155 Å². The number of nitrogens with zero attached hydrogens (tertiary/aromatic N) is 4. The second kappa shape index (κ2) is 6.92. The summed E-state index contributed by atoms with van der Waals surface area (Å²) in [5.41, 5.74) is 3.00. The number of hydrogen-bond donors (Lipinski definition) is 1. The number of carbonyl (C=O) groups is 1. The Bertz CT molecular complexity index is 994. The first-order valence-electron chi connectivity index (χ1n) is 8.56. The van der Waals surface area contributed by atoms with Gasteiger partial charge in [0.1, 0.15) is 0 Å². The normalized spacial score (nSPS) is 14.0. The quantitative estimate of drug-likeness (QED) is 0.771. The first-order chi connectivity index (χ1) is 12.6. The van der Waals surface area contributed by atoms with E-state index >= 15 is 0 Å². The van der Waals surface area contributed by atoms with Crippen LogP contribution in [0.3, 0.4) is 0 Å². The van der Waals surface area contributed by atoms with Crippen LogP contribution < -0.4 is 5.32 Å². The standard InChI is InChI=1S/C19H19N5OS/c1-12(2)24-17-15(11-21-24)14(18(25)23-19-20-8-9-26-19)10-16(22-17)13-6-4-3-5-7-13/h3-7,10-12H,8-9H2,1-2H3,(H,20,23,25). The Morgan fingerprint density at radius 2 is 2.08 bits per heavy atom. The number of pyridine rings is 1. The Kier molecular flexibility index (Phi) is 4.46. The number of aromatic nitrogens is 3. The zero-order valence-corrected chi connectivity index (χ0v) is 15.5. The molecule has 26 heavy (non-hydrogen) atoms. The second-order valence-electron chi connectivity index (χ2n) is 6.33. The maximum atomic E-state index is 12.9. The van der Waals surface area contributed by atoms with Crippen molar-refractivity contribution in [3.8, 4) is 11.3 Å². The number of benzene rings is 1. The molecule has 1 amide bonds. The molecule has 1 aliphatic rings. The van der Waals surface area contributed by atoms with Crippen LogP contribution in [0.25, 0.3) is 22.3 Å². The number of fused-ring (bicyclic) bond motifs is 1. The third-order valence-corrected chi connectivity index (χ3v) is 5.07. The first-order valence-corrected chi connectivity index (χ1v) is 9.54. The highest BCUT2D eigenvalue weighted by molar-refractivity contribution is 8.14. The number of aliphatic imine (C=N–C) groups is 1. The van der Waals surface area contributed by atoms with Crippen molar-refractivity contribution in [3.63, 3.8) is 0 Å². The Morgan fingerprint density at radius 3 is 2.77 bits per heavy atom. The Morgan fingerprint density at radius 1 is 1.27 bits per heavy atom. The average Bonchev–Trinajstić information content (AvgIpc) is 3.30. The van der Waals surface area contributed by atoms with Crippen LogP contribution in [0.2, 0.25) is 0 Å². The summed E-state index contributed by atoms with van der Waals surface area (Å²) in [5.74, 6) is 0.730. The molecule has 3 heterocycles. The minimum absolute atomic E-state index is 0.150. The van der Waals surface area contributed by atoms with E-state index in [1.807, 2.05) is 54.9 Å². The van der Waals surface area contributed by atoms with E-state index in [4.69, 9.17) is 4.98 Å². The fraction of sp³-hybridized carbons (Fsp3) is 0.263. The van der Waals surface area contributed by atoms with E-state index in [9.17, 15) is 4.79 Å². The first kappa shape index (κ1) is 16.8. The molecule has 1 aromatic carbocycles. The number of thioether (sulfide) groups is 1. The van der Waals surface area contributed by atoms with Gasteiger partial charge in [-0.25, -0.2) is 9.67 Å². The lowest BCUT2D eigenvalue weighted by Crippen LogP contribution is -2.27. The molecule has 7 heteroatoms. The molecule has 0 radical (unpaired) electrons. The molecule has 2 aromatic heterocycles. The van der Waals surface area contributed by atoms with Crippen molar-refractivity contribution in [2.45, 2.75) is 19.9 Å². The SMILES string of the molecule is CC(C)n1ncc2c(C(=O)NC3=NCCS3)cc(-c3ccccc3)nc21. The van der Waals surface area contributed by atoms with Crippen molar-refractivity contribution >= 4 is 33.9 Å². The summed E-state index contributed by atoms with van der Waals surface area (Å²) < 4.78 is 1.85. The van der Waals surface area contributed by atoms with Crippen LogP contribution in [0.1, 0.15) is 30.2 Å². The van der Waals surface area contributed by atoms with E-state index < -0.39 is 0 Å². The van der Waals surface area contributed by atoms with E-state index in [0.717, 1.165) is 28.9 Å². The number of hydrogen-bond acceptors (Lipinski definition) is 5. The second-order valence-corrected chi connectivity index (χ2v) is 7.41. The van der Waals surface area contributed by atoms with Crippen molar-refractivity contribution in [2.24, 2.45) is 4.99 Å². The molecule has 4 rings (SSSR count). The third kappa shape index (κ3) is 3.10. The minimum atomic E-state index is -0.175. The molecule has 3 aromatic rings. The van der Waals surface area contributed by atoms with Crippen LogP contribution in [0.4, 0.5) is 0 Å². The Balaban J connectivity index is 1.85. The molecular weight excluding hydrogens is 346 g/mol. The molecule has 0 aliphatic carbocycles. The molecule has 0 saturated heterocycles. The topological polar surface area (TPSA) is 72.2 Å². The summed E-state index contributed by atoms with van der Waals surface area (Å²) in [5, 5.41) is 8.78. The van der Waals surface area contributed by atoms with Crippen molar-refractivity contribution in [1.29, 1.82) is 0 Å². The molecule has 0 atom stereocenters.